The van der Waals surface area contributed by atoms with E-state index in [0.29, 0.717) is 12.0 Å². The number of hydrogen-bond acceptors (Lipinski definition) is 6. The van der Waals surface area contributed by atoms with E-state index in [1.165, 1.54) is 28.7 Å². The lowest BCUT2D eigenvalue weighted by Crippen LogP contribution is -2.42. The fraction of sp³-hybridized carbons (Fsp3) is 0.696. The minimum Gasteiger partial charge on any atom is -0.444 e. The van der Waals surface area contributed by atoms with Crippen molar-refractivity contribution in [1.29, 1.82) is 0 Å². The van der Waals surface area contributed by atoms with E-state index in [-0.39, 0.29) is 12.1 Å². The predicted octanol–water partition coefficient (Wildman–Crippen LogP) is 6.02. The Kier molecular flexibility index (Phi) is 7.22. The van der Waals surface area contributed by atoms with Gasteiger partial charge < -0.3 is 15.4 Å². The number of fused-ring (bicyclic) bond motifs is 3. The lowest BCUT2D eigenvalue weighted by molar-refractivity contribution is 0.0492. The number of rotatable bonds is 3. The molecule has 6 nitrogen and oxygen atoms in total. The Balaban J connectivity index is 0.00000124. The summed E-state index contributed by atoms with van der Waals surface area (Å²) < 4.78 is 5.37. The van der Waals surface area contributed by atoms with Crippen LogP contribution in [0.5, 0.6) is 0 Å². The highest BCUT2D eigenvalue weighted by atomic mass is 32.1. The molecule has 2 aromatic rings. The van der Waals surface area contributed by atoms with Gasteiger partial charge in [0.05, 0.1) is 5.39 Å². The number of alkyl carbamates (subject to hydrolysis) is 1. The Morgan fingerprint density at radius 1 is 1.10 bits per heavy atom. The van der Waals surface area contributed by atoms with Crippen LogP contribution in [0.25, 0.3) is 10.2 Å². The number of carbonyl (C=O) groups excluding carboxylic acids is 1. The molecule has 2 aromatic heterocycles. The van der Waals surface area contributed by atoms with Crippen LogP contribution in [0.15, 0.2) is 6.33 Å². The van der Waals surface area contributed by atoms with Crippen LogP contribution in [-0.4, -0.2) is 33.7 Å². The molecular formula is C23H36N4O2S. The largest absolute Gasteiger partial charge is 0.444 e. The summed E-state index contributed by atoms with van der Waals surface area (Å²) in [4.78, 5) is 23.7. The van der Waals surface area contributed by atoms with Gasteiger partial charge in [-0.05, 0) is 70.8 Å². The molecule has 0 aromatic carbocycles. The monoisotopic (exact) mass is 432 g/mol. The fourth-order valence-corrected chi connectivity index (χ4v) is 5.63. The Morgan fingerprint density at radius 3 is 2.43 bits per heavy atom. The topological polar surface area (TPSA) is 76.1 Å². The first kappa shape index (κ1) is 22.8. The number of nitrogens with zero attached hydrogens (tertiary/aromatic N) is 2. The molecule has 2 aliphatic rings. The zero-order valence-electron chi connectivity index (χ0n) is 19.2. The maximum Gasteiger partial charge on any atom is 0.407 e. The van der Waals surface area contributed by atoms with Gasteiger partial charge in [-0.25, -0.2) is 14.8 Å². The van der Waals surface area contributed by atoms with Gasteiger partial charge in [0.15, 0.2) is 0 Å². The van der Waals surface area contributed by atoms with Crippen LogP contribution in [0.4, 0.5) is 10.6 Å². The van der Waals surface area contributed by atoms with Crippen molar-refractivity contribution in [2.24, 2.45) is 0 Å². The van der Waals surface area contributed by atoms with Crippen molar-refractivity contribution in [2.75, 3.05) is 5.32 Å². The first-order valence-corrected chi connectivity index (χ1v) is 12.1. The van der Waals surface area contributed by atoms with Crippen LogP contribution in [0.1, 0.15) is 90.0 Å². The van der Waals surface area contributed by atoms with Crippen LogP contribution in [0, 0.1) is 0 Å². The van der Waals surface area contributed by atoms with Crippen LogP contribution in [0.3, 0.4) is 0 Å². The van der Waals surface area contributed by atoms with Gasteiger partial charge in [0, 0.05) is 17.0 Å². The van der Waals surface area contributed by atoms with Gasteiger partial charge in [0.1, 0.15) is 22.6 Å². The fourth-order valence-electron chi connectivity index (χ4n) is 4.36. The lowest BCUT2D eigenvalue weighted by Gasteiger charge is -2.31. The minimum atomic E-state index is -0.459. The molecule has 1 amide bonds. The Labute approximate surface area is 184 Å². The molecule has 166 valence electrons. The summed E-state index contributed by atoms with van der Waals surface area (Å²) in [5.41, 5.74) is 1.00. The van der Waals surface area contributed by atoms with Crippen LogP contribution in [-0.2, 0) is 11.2 Å². The van der Waals surface area contributed by atoms with E-state index in [0.717, 1.165) is 36.3 Å². The summed E-state index contributed by atoms with van der Waals surface area (Å²) in [6, 6.07) is 0.561. The van der Waals surface area contributed by atoms with Gasteiger partial charge >= 0.3 is 6.09 Å². The van der Waals surface area contributed by atoms with E-state index < -0.39 is 5.60 Å². The first-order valence-electron chi connectivity index (χ1n) is 11.3. The number of hydrogen-bond donors (Lipinski definition) is 2. The maximum absolute atomic E-state index is 12.0. The summed E-state index contributed by atoms with van der Waals surface area (Å²) in [6.07, 6.45) is 7.67. The molecule has 0 bridgehead atoms. The SMILES string of the molecule is CC.C[C@H]1CCc2sc3ncnc(NC4CCC(NC(=O)OC(C)(C)C)CC4)c3c21. The highest BCUT2D eigenvalue weighted by Gasteiger charge is 2.29. The summed E-state index contributed by atoms with van der Waals surface area (Å²) in [7, 11) is 0. The number of nitrogens with one attached hydrogen (secondary N) is 2. The molecule has 0 radical (unpaired) electrons. The first-order chi connectivity index (χ1) is 14.3. The number of anilines is 1. The molecule has 0 unspecified atom stereocenters. The van der Waals surface area contributed by atoms with E-state index in [2.05, 4.69) is 27.5 Å². The van der Waals surface area contributed by atoms with Crippen molar-refractivity contribution in [1.82, 2.24) is 15.3 Å². The van der Waals surface area contributed by atoms with Crippen molar-refractivity contribution >= 4 is 33.5 Å². The lowest BCUT2D eigenvalue weighted by atomic mass is 9.91. The molecule has 30 heavy (non-hydrogen) atoms. The van der Waals surface area contributed by atoms with E-state index in [4.69, 9.17) is 4.74 Å². The van der Waals surface area contributed by atoms with Crippen molar-refractivity contribution in [3.05, 3.63) is 16.8 Å². The zero-order chi connectivity index (χ0) is 21.9. The summed E-state index contributed by atoms with van der Waals surface area (Å²) >= 11 is 1.83. The number of amides is 1. The highest BCUT2D eigenvalue weighted by Crippen LogP contribution is 2.45. The van der Waals surface area contributed by atoms with Crippen LogP contribution >= 0.6 is 11.3 Å². The number of aryl methyl sites for hydroxylation is 1. The van der Waals surface area contributed by atoms with Gasteiger partial charge in [-0.2, -0.15) is 0 Å². The number of thiophene rings is 1. The standard InChI is InChI=1S/C21H30N4O2S.C2H6/c1-12-5-10-15-16(12)17-18(22-11-23-19(17)28-15)24-13-6-8-14(9-7-13)25-20(26)27-21(2,3)4;1-2/h11-14H,5-10H2,1-4H3,(H,25,26)(H,22,23,24);1-2H3/t12-,13?,14?;/m0./s1. The molecule has 1 fully saturated rings. The van der Waals surface area contributed by atoms with E-state index in [9.17, 15) is 4.79 Å². The third-order valence-electron chi connectivity index (χ3n) is 5.69. The summed E-state index contributed by atoms with van der Waals surface area (Å²) in [5.74, 6) is 1.57. The molecule has 0 saturated heterocycles. The third kappa shape index (κ3) is 5.23. The van der Waals surface area contributed by atoms with Crippen molar-refractivity contribution < 1.29 is 9.53 Å². The van der Waals surface area contributed by atoms with Gasteiger partial charge in [-0.3, -0.25) is 0 Å². The van der Waals surface area contributed by atoms with E-state index in [1.807, 2.05) is 46.0 Å². The quantitative estimate of drug-likeness (QED) is 0.621. The van der Waals surface area contributed by atoms with Gasteiger partial charge in [0.2, 0.25) is 0 Å². The molecule has 1 atom stereocenters. The molecule has 7 heteroatoms. The number of aromatic nitrogens is 2. The van der Waals surface area contributed by atoms with Crippen molar-refractivity contribution in [3.63, 3.8) is 0 Å². The predicted molar refractivity (Wildman–Crippen MR) is 125 cm³/mol. The Bertz CT molecular complexity index is 866. The molecular weight excluding hydrogens is 396 g/mol. The molecule has 0 aliphatic heterocycles. The average molecular weight is 433 g/mol. The molecule has 2 N–H and O–H groups in total. The minimum absolute atomic E-state index is 0.184. The van der Waals surface area contributed by atoms with Gasteiger partial charge in [-0.15, -0.1) is 11.3 Å². The second kappa shape index (κ2) is 9.50. The van der Waals surface area contributed by atoms with Gasteiger partial charge in [0.25, 0.3) is 0 Å². The second-order valence-electron chi connectivity index (χ2n) is 9.12. The second-order valence-corrected chi connectivity index (χ2v) is 10.2. The van der Waals surface area contributed by atoms with E-state index >= 15 is 0 Å². The number of carbonyl (C=O) groups is 1. The van der Waals surface area contributed by atoms with Crippen LogP contribution in [0.2, 0.25) is 0 Å². The molecule has 1 saturated carbocycles. The highest BCUT2D eigenvalue weighted by molar-refractivity contribution is 7.19. The van der Waals surface area contributed by atoms with Crippen molar-refractivity contribution in [2.45, 2.75) is 104 Å². The maximum atomic E-state index is 12.0. The van der Waals surface area contributed by atoms with Crippen molar-refractivity contribution in [3.8, 4) is 0 Å². The van der Waals surface area contributed by atoms with E-state index in [1.54, 1.807) is 6.33 Å². The Morgan fingerprint density at radius 2 is 1.77 bits per heavy atom. The summed E-state index contributed by atoms with van der Waals surface area (Å²) in [5, 5.41) is 7.93. The van der Waals surface area contributed by atoms with Gasteiger partial charge in [-0.1, -0.05) is 20.8 Å². The zero-order valence-corrected chi connectivity index (χ0v) is 20.0. The summed E-state index contributed by atoms with van der Waals surface area (Å²) in [6.45, 7) is 12.0. The molecule has 2 aliphatic carbocycles. The number of ether oxygens (including phenoxy) is 1. The normalized spacial score (nSPS) is 23.3. The van der Waals surface area contributed by atoms with Crippen LogP contribution < -0.4 is 10.6 Å². The molecule has 0 spiro atoms. The molecule has 4 rings (SSSR count). The smallest absolute Gasteiger partial charge is 0.407 e. The molecule has 2 heterocycles. The third-order valence-corrected chi connectivity index (χ3v) is 6.86. The Hall–Kier alpha value is -1.89. The average Bonchev–Trinajstić information content (AvgIpc) is 3.23.